The lowest BCUT2D eigenvalue weighted by atomic mass is 10.0. The number of aromatic amines is 1. The molecule has 2 aromatic heterocycles. The number of aliphatic hydroxyl groups is 2. The van der Waals surface area contributed by atoms with Crippen molar-refractivity contribution in [2.75, 3.05) is 26.4 Å². The van der Waals surface area contributed by atoms with E-state index < -0.39 is 30.0 Å². The van der Waals surface area contributed by atoms with Gasteiger partial charge in [0.1, 0.15) is 35.5 Å². The van der Waals surface area contributed by atoms with Crippen molar-refractivity contribution >= 4 is 49.8 Å². The lowest BCUT2D eigenvalue weighted by Crippen LogP contribution is -2.44. The summed E-state index contributed by atoms with van der Waals surface area (Å²) in [5.41, 5.74) is 3.23. The number of nitrogens with zero attached hydrogens (tertiary/aromatic N) is 1. The van der Waals surface area contributed by atoms with E-state index in [4.69, 9.17) is 18.9 Å². The number of carbonyl (C=O) groups is 1. The summed E-state index contributed by atoms with van der Waals surface area (Å²) in [6.45, 7) is 6.79. The van der Waals surface area contributed by atoms with E-state index >= 15 is 0 Å². The summed E-state index contributed by atoms with van der Waals surface area (Å²) >= 11 is 0. The molecule has 0 aliphatic carbocycles. The van der Waals surface area contributed by atoms with Gasteiger partial charge in [-0.3, -0.25) is 0 Å². The molecule has 9 nitrogen and oxygen atoms in total. The molecule has 11 heteroatoms. The number of hydrogen-bond acceptors (Lipinski definition) is 7. The number of para-hydroxylation sites is 2. The summed E-state index contributed by atoms with van der Waals surface area (Å²) in [7, 11) is 0. The van der Waals surface area contributed by atoms with E-state index in [1.807, 2.05) is 59.2 Å². The van der Waals surface area contributed by atoms with Crippen molar-refractivity contribution in [3.63, 3.8) is 0 Å². The van der Waals surface area contributed by atoms with Crippen molar-refractivity contribution in [2.45, 2.75) is 50.7 Å². The zero-order valence-corrected chi connectivity index (χ0v) is 28.0. The van der Waals surface area contributed by atoms with E-state index in [1.165, 1.54) is 18.2 Å². The zero-order valence-electron chi connectivity index (χ0n) is 28.0. The molecule has 0 spiro atoms. The molecule has 0 radical (unpaired) electrons. The Labute approximate surface area is 287 Å². The molecule has 3 N–H and O–H groups in total. The summed E-state index contributed by atoms with van der Waals surface area (Å²) < 4.78 is 49.1. The van der Waals surface area contributed by atoms with Crippen LogP contribution in [0.1, 0.15) is 26.8 Å². The van der Waals surface area contributed by atoms with Crippen molar-refractivity contribution in [2.24, 2.45) is 0 Å². The number of aliphatic hydroxyl groups excluding tert-OH is 2. The van der Waals surface area contributed by atoms with Gasteiger partial charge in [0, 0.05) is 43.6 Å². The Morgan fingerprint density at radius 2 is 1.46 bits per heavy atom. The molecule has 262 valence electrons. The summed E-state index contributed by atoms with van der Waals surface area (Å²) in [4.78, 5) is 14.4. The molecule has 50 heavy (non-hydrogen) atoms. The predicted molar refractivity (Wildman–Crippen MR) is 188 cm³/mol. The normalized spacial score (nSPS) is 20.6. The highest BCUT2D eigenvalue weighted by molar-refractivity contribution is 6.08. The van der Waals surface area contributed by atoms with Gasteiger partial charge in [0.25, 0.3) is 0 Å². The van der Waals surface area contributed by atoms with Crippen LogP contribution < -0.4 is 0 Å². The molecule has 0 amide bonds. The van der Waals surface area contributed by atoms with Gasteiger partial charge < -0.3 is 38.7 Å². The van der Waals surface area contributed by atoms with E-state index in [2.05, 4.69) is 4.98 Å². The topological polar surface area (TPSA) is 115 Å². The van der Waals surface area contributed by atoms with Crippen LogP contribution in [-0.2, 0) is 18.9 Å². The average Bonchev–Trinajstić information content (AvgIpc) is 3.61. The first-order valence-electron chi connectivity index (χ1n) is 16.4. The maximum Gasteiger partial charge on any atom is 0.509 e. The molecule has 8 rings (SSSR count). The second-order valence-electron chi connectivity index (χ2n) is 13.2. The Morgan fingerprint density at radius 1 is 0.800 bits per heavy atom. The third kappa shape index (κ3) is 7.97. The second kappa shape index (κ2) is 15.0. The number of halogens is 2. The number of hydrogen-bond donors (Lipinski definition) is 3. The van der Waals surface area contributed by atoms with Gasteiger partial charge in [-0.2, -0.15) is 0 Å². The highest BCUT2D eigenvalue weighted by Crippen LogP contribution is 2.35. The smallest absolute Gasteiger partial charge is 0.429 e. The van der Waals surface area contributed by atoms with Crippen molar-refractivity contribution in [3.8, 4) is 0 Å². The Hall–Kier alpha value is -4.81. The lowest BCUT2D eigenvalue weighted by molar-refractivity contribution is -0.113. The minimum Gasteiger partial charge on any atom is -0.429 e. The maximum atomic E-state index is 13.6. The molecule has 1 saturated heterocycles. The van der Waals surface area contributed by atoms with Gasteiger partial charge in [-0.05, 0) is 75.4 Å². The first-order chi connectivity index (χ1) is 24.0. The van der Waals surface area contributed by atoms with Crippen LogP contribution in [0.15, 0.2) is 97.1 Å². The van der Waals surface area contributed by atoms with E-state index in [1.54, 1.807) is 45.0 Å². The molecule has 2 aliphatic rings. The maximum absolute atomic E-state index is 13.6. The number of rotatable bonds is 2. The molecule has 0 saturated carbocycles. The van der Waals surface area contributed by atoms with Gasteiger partial charge in [-0.1, -0.05) is 42.5 Å². The zero-order chi connectivity index (χ0) is 35.4. The third-order valence-electron chi connectivity index (χ3n) is 8.32. The number of benzene rings is 4. The average molecular weight is 687 g/mol. The summed E-state index contributed by atoms with van der Waals surface area (Å²) in [6.07, 6.45) is 0.802. The molecule has 1 fully saturated rings. The lowest BCUT2D eigenvalue weighted by Gasteiger charge is -2.33. The second-order valence-corrected chi connectivity index (χ2v) is 13.2. The van der Waals surface area contributed by atoms with Crippen LogP contribution in [-0.4, -0.2) is 76.3 Å². The fourth-order valence-electron chi connectivity index (χ4n) is 6.13. The first-order valence-corrected chi connectivity index (χ1v) is 16.4. The molecular weight excluding hydrogens is 646 g/mol. The van der Waals surface area contributed by atoms with Crippen molar-refractivity contribution < 1.29 is 42.7 Å². The molecule has 6 aromatic rings. The van der Waals surface area contributed by atoms with Crippen molar-refractivity contribution in [1.82, 2.24) is 9.55 Å². The number of aromatic nitrogens is 2. The Balaban J connectivity index is 0.000000136. The van der Waals surface area contributed by atoms with Crippen LogP contribution in [0.3, 0.4) is 0 Å². The summed E-state index contributed by atoms with van der Waals surface area (Å²) in [5.74, 6) is -0.488. The summed E-state index contributed by atoms with van der Waals surface area (Å²) in [6, 6.07) is 24.6. The van der Waals surface area contributed by atoms with Crippen LogP contribution in [0, 0.1) is 11.6 Å². The van der Waals surface area contributed by atoms with Crippen LogP contribution in [0.2, 0.25) is 0 Å². The van der Waals surface area contributed by atoms with Crippen LogP contribution in [0.4, 0.5) is 13.6 Å². The number of nitrogens with one attached hydrogen (secondary N) is 1. The molecule has 1 unspecified atom stereocenters. The van der Waals surface area contributed by atoms with E-state index in [9.17, 15) is 23.8 Å². The minimum atomic E-state index is -0.921. The predicted octanol–water partition coefficient (Wildman–Crippen LogP) is 7.58. The number of fused-ring (bicyclic) bond motifs is 6. The van der Waals surface area contributed by atoms with Gasteiger partial charge in [0.05, 0.1) is 32.5 Å². The van der Waals surface area contributed by atoms with Gasteiger partial charge in [0.15, 0.2) is 0 Å². The Bertz CT molecular complexity index is 2130. The molecule has 4 atom stereocenters. The standard InChI is InChI=1S/C17H16FNO3.C12H8FN.C10H16O4/c18-10-5-6-14-12(7-10)11-3-1-2-4-13(11)19(14)15-8-22-9-16(20)17(15)21;13-8-5-6-12-10(7-8)9-3-1-2-4-11(9)14-12;1-10(2,3)14-9(11)13-8-5-4-6-12-7-8/h1-7,15-17,20-21H,8-9H2;1-7,14H;4-5,8H,6-7H2,1-3H3/t15-,16-,17+;;/m0../s1. The largest absolute Gasteiger partial charge is 0.509 e. The number of ether oxygens (including phenoxy) is 4. The molecular formula is C39H40F2N2O7. The van der Waals surface area contributed by atoms with Crippen molar-refractivity contribution in [3.05, 3.63) is 109 Å². The van der Waals surface area contributed by atoms with Crippen molar-refractivity contribution in [1.29, 1.82) is 0 Å². The van der Waals surface area contributed by atoms with Gasteiger partial charge in [-0.25, -0.2) is 13.6 Å². The molecule has 0 bridgehead atoms. The number of H-pyrrole nitrogens is 1. The number of carbonyl (C=O) groups excluding carboxylic acids is 1. The van der Waals surface area contributed by atoms with Crippen LogP contribution >= 0.6 is 0 Å². The Kier molecular flexibility index (Phi) is 10.5. The molecule has 4 heterocycles. The molecule has 2 aliphatic heterocycles. The fraction of sp³-hybridized carbons (Fsp3) is 0.308. The van der Waals surface area contributed by atoms with Gasteiger partial charge in [0.2, 0.25) is 0 Å². The Morgan fingerprint density at radius 3 is 2.20 bits per heavy atom. The van der Waals surface area contributed by atoms with Crippen LogP contribution in [0.25, 0.3) is 43.6 Å². The SMILES string of the molecule is CC(C)(C)OC(=O)OC1C=CCOC1.Fc1ccc2[nH]c3ccccc3c2c1.O[C@H]1[C@@H](O)COC[C@@H]1n1c2ccccc2c2cc(F)ccc21. The van der Waals surface area contributed by atoms with Crippen LogP contribution in [0.5, 0.6) is 0 Å². The minimum absolute atomic E-state index is 0.128. The fourth-order valence-corrected chi connectivity index (χ4v) is 6.13. The quantitative estimate of drug-likeness (QED) is 0.127. The highest BCUT2D eigenvalue weighted by Gasteiger charge is 2.34. The van der Waals surface area contributed by atoms with Gasteiger partial charge in [-0.15, -0.1) is 0 Å². The molecule has 4 aromatic carbocycles. The summed E-state index contributed by atoms with van der Waals surface area (Å²) in [5, 5.41) is 24.0. The van der Waals surface area contributed by atoms with E-state index in [0.717, 1.165) is 43.6 Å². The monoisotopic (exact) mass is 686 g/mol. The first kappa shape index (κ1) is 35.0. The van der Waals surface area contributed by atoms with Gasteiger partial charge >= 0.3 is 6.16 Å². The van der Waals surface area contributed by atoms with E-state index in [0.29, 0.717) is 19.8 Å². The third-order valence-corrected chi connectivity index (χ3v) is 8.32. The highest BCUT2D eigenvalue weighted by atomic mass is 19.1. The van der Waals surface area contributed by atoms with E-state index in [-0.39, 0.29) is 24.3 Å².